The molecule has 50 heavy (non-hydrogen) atoms. The Morgan fingerprint density at radius 1 is 0.820 bits per heavy atom. The van der Waals surface area contributed by atoms with Gasteiger partial charge in [0, 0.05) is 39.3 Å². The number of nitrogens with zero attached hydrogens (tertiary/aromatic N) is 4. The Kier molecular flexibility index (Phi) is 11.4. The maximum Gasteiger partial charge on any atom is 0.162 e. The molecule has 1 aliphatic rings. The third-order valence-electron chi connectivity index (χ3n) is 8.36. The van der Waals surface area contributed by atoms with Crippen molar-refractivity contribution in [3.63, 3.8) is 0 Å². The van der Waals surface area contributed by atoms with E-state index >= 15 is 0 Å². The lowest BCUT2D eigenvalue weighted by atomic mass is 9.96. The van der Waals surface area contributed by atoms with E-state index in [1.54, 1.807) is 6.08 Å². The van der Waals surface area contributed by atoms with Crippen molar-refractivity contribution in [3.05, 3.63) is 180 Å². The van der Waals surface area contributed by atoms with Crippen molar-refractivity contribution in [2.24, 2.45) is 25.7 Å². The van der Waals surface area contributed by atoms with Crippen LogP contribution in [0.15, 0.2) is 167 Å². The molecule has 0 saturated heterocycles. The first-order chi connectivity index (χ1) is 24.2. The standard InChI is InChI=1S/C45H43N5/c1-8-10-15-34(9-2)44(46)50-45(38-16-12-11-13-17-38)49-33(7)39-18-14-19-40(28-39)36-24-22-35(23-25-36)32(6)48-43-41(30(3)4)27-26-37-21-20-31(5)47-29-42(37)43/h8-28H,2-3,7,29H2,1,4-6H3,(H2,46,49,50)/b10-8-,34-15+,48-32?. The first-order valence-corrected chi connectivity index (χ1v) is 16.6. The summed E-state index contributed by atoms with van der Waals surface area (Å²) in [5.41, 5.74) is 19.7. The maximum atomic E-state index is 6.41. The van der Waals surface area contributed by atoms with E-state index in [-0.39, 0.29) is 0 Å². The van der Waals surface area contributed by atoms with Crippen LogP contribution in [0, 0.1) is 0 Å². The van der Waals surface area contributed by atoms with Gasteiger partial charge in [-0.3, -0.25) is 9.98 Å². The fourth-order valence-electron chi connectivity index (χ4n) is 5.50. The molecule has 0 bridgehead atoms. The van der Waals surface area contributed by atoms with Gasteiger partial charge in [0.25, 0.3) is 0 Å². The Bertz CT molecular complexity index is 2150. The highest BCUT2D eigenvalue weighted by atomic mass is 15.0. The predicted octanol–water partition coefficient (Wildman–Crippen LogP) is 11.0. The summed E-state index contributed by atoms with van der Waals surface area (Å²) in [6.45, 7) is 21.0. The first kappa shape index (κ1) is 35.1. The molecule has 2 N–H and O–H groups in total. The molecule has 0 amide bonds. The fraction of sp³-hybridized carbons (Fsp3) is 0.111. The van der Waals surface area contributed by atoms with Crippen LogP contribution >= 0.6 is 0 Å². The zero-order chi connectivity index (χ0) is 35.6. The van der Waals surface area contributed by atoms with E-state index in [4.69, 9.17) is 25.7 Å². The van der Waals surface area contributed by atoms with E-state index in [1.807, 2.05) is 88.4 Å². The van der Waals surface area contributed by atoms with Crippen molar-refractivity contribution < 1.29 is 0 Å². The number of nitrogens with two attached hydrogens (primary N) is 1. The van der Waals surface area contributed by atoms with Crippen LogP contribution in [-0.4, -0.2) is 23.1 Å². The molecule has 0 radical (unpaired) electrons. The number of allylic oxidation sites excluding steroid dienone is 5. The van der Waals surface area contributed by atoms with E-state index in [0.29, 0.717) is 29.5 Å². The molecule has 0 aromatic heterocycles. The third-order valence-corrected chi connectivity index (χ3v) is 8.36. The van der Waals surface area contributed by atoms with Gasteiger partial charge in [-0.2, -0.15) is 0 Å². The van der Waals surface area contributed by atoms with Gasteiger partial charge in [-0.15, -0.1) is 0 Å². The first-order valence-electron chi connectivity index (χ1n) is 16.6. The average Bonchev–Trinajstić information content (AvgIpc) is 3.33. The van der Waals surface area contributed by atoms with E-state index in [9.17, 15) is 0 Å². The minimum absolute atomic E-state index is 0.320. The van der Waals surface area contributed by atoms with Gasteiger partial charge in [-0.05, 0) is 67.7 Å². The number of rotatable bonds is 10. The quantitative estimate of drug-likeness (QED) is 0.103. The van der Waals surface area contributed by atoms with E-state index in [1.165, 1.54) is 0 Å². The van der Waals surface area contributed by atoms with Crippen LogP contribution in [0.4, 0.5) is 5.69 Å². The highest BCUT2D eigenvalue weighted by Gasteiger charge is 2.15. The Morgan fingerprint density at radius 3 is 2.26 bits per heavy atom. The van der Waals surface area contributed by atoms with E-state index in [2.05, 4.69) is 80.4 Å². The summed E-state index contributed by atoms with van der Waals surface area (Å²) in [6, 6.07) is 30.6. The lowest BCUT2D eigenvalue weighted by Crippen LogP contribution is -2.16. The molecule has 4 aromatic carbocycles. The summed E-state index contributed by atoms with van der Waals surface area (Å²) in [7, 11) is 0. The number of hydrogen-bond donors (Lipinski definition) is 1. The molecule has 0 spiro atoms. The number of aliphatic imine (C=N–C) groups is 4. The Balaban J connectivity index is 1.45. The number of benzene rings is 4. The fourth-order valence-corrected chi connectivity index (χ4v) is 5.50. The van der Waals surface area contributed by atoms with Crippen LogP contribution in [0.1, 0.15) is 61.1 Å². The molecule has 248 valence electrons. The molecule has 0 aliphatic carbocycles. The van der Waals surface area contributed by atoms with Crippen LogP contribution in [-0.2, 0) is 6.54 Å². The van der Waals surface area contributed by atoms with Crippen molar-refractivity contribution >= 4 is 46.1 Å². The molecule has 5 heteroatoms. The van der Waals surface area contributed by atoms with Crippen LogP contribution in [0.3, 0.4) is 0 Å². The Hall–Kier alpha value is -6.20. The van der Waals surface area contributed by atoms with Crippen molar-refractivity contribution in [1.29, 1.82) is 0 Å². The second kappa shape index (κ2) is 16.3. The van der Waals surface area contributed by atoms with Crippen LogP contribution in [0.5, 0.6) is 0 Å². The lowest BCUT2D eigenvalue weighted by molar-refractivity contribution is 1.06. The minimum Gasteiger partial charge on any atom is -0.383 e. The normalized spacial score (nSPS) is 13.9. The summed E-state index contributed by atoms with van der Waals surface area (Å²) >= 11 is 0. The van der Waals surface area contributed by atoms with Crippen molar-refractivity contribution in [1.82, 2.24) is 0 Å². The second-order valence-corrected chi connectivity index (χ2v) is 12.1. The average molecular weight is 654 g/mol. The molecule has 0 unspecified atom stereocenters. The molecule has 5 nitrogen and oxygen atoms in total. The second-order valence-electron chi connectivity index (χ2n) is 12.1. The van der Waals surface area contributed by atoms with Crippen LogP contribution < -0.4 is 5.73 Å². The molecule has 1 aliphatic heterocycles. The Labute approximate surface area is 296 Å². The van der Waals surface area contributed by atoms with Gasteiger partial charge in [-0.25, -0.2) is 9.98 Å². The van der Waals surface area contributed by atoms with Crippen molar-refractivity contribution in [2.75, 3.05) is 0 Å². The maximum absolute atomic E-state index is 6.41. The topological polar surface area (TPSA) is 75.5 Å². The zero-order valence-electron chi connectivity index (χ0n) is 29.3. The van der Waals surface area contributed by atoms with E-state index in [0.717, 1.165) is 67.2 Å². The molecule has 1 heterocycles. The smallest absolute Gasteiger partial charge is 0.162 e. The summed E-state index contributed by atoms with van der Waals surface area (Å²) in [4.78, 5) is 19.5. The third kappa shape index (κ3) is 8.44. The van der Waals surface area contributed by atoms with Gasteiger partial charge in [0.2, 0.25) is 0 Å². The number of fused-ring (bicyclic) bond motifs is 1. The van der Waals surface area contributed by atoms with Gasteiger partial charge in [0.1, 0.15) is 5.84 Å². The summed E-state index contributed by atoms with van der Waals surface area (Å²) in [5.74, 6) is 0.786. The van der Waals surface area contributed by atoms with Crippen LogP contribution in [0.25, 0.3) is 28.5 Å². The van der Waals surface area contributed by atoms with Gasteiger partial charge in [0.15, 0.2) is 5.84 Å². The molecular formula is C45H43N5. The van der Waals surface area contributed by atoms with Gasteiger partial charge in [0.05, 0.1) is 17.9 Å². The molecule has 0 fully saturated rings. The molecular weight excluding hydrogens is 611 g/mol. The minimum atomic E-state index is 0.320. The Morgan fingerprint density at radius 2 is 1.56 bits per heavy atom. The molecule has 0 saturated carbocycles. The summed E-state index contributed by atoms with van der Waals surface area (Å²) < 4.78 is 0. The SMILES string of the molecule is C=C/C(=C\C=C/C)C(N)=NC(=NC(=C)c1cccc(-c2ccc(C(C)=Nc3c(C(=C)C)ccc4c3CN=C(C)C=C4)cc2)c1)c1ccccc1. The highest BCUT2D eigenvalue weighted by molar-refractivity contribution is 6.13. The summed E-state index contributed by atoms with van der Waals surface area (Å²) in [5, 5.41) is 0. The van der Waals surface area contributed by atoms with Gasteiger partial charge < -0.3 is 5.73 Å². The number of hydrogen-bond acceptors (Lipinski definition) is 3. The highest BCUT2D eigenvalue weighted by Crippen LogP contribution is 2.35. The number of amidine groups is 2. The van der Waals surface area contributed by atoms with E-state index < -0.39 is 0 Å². The molecule has 4 aromatic rings. The molecule has 0 atom stereocenters. The van der Waals surface area contributed by atoms with Gasteiger partial charge >= 0.3 is 0 Å². The zero-order valence-corrected chi connectivity index (χ0v) is 29.3. The van der Waals surface area contributed by atoms with Gasteiger partial charge in [-0.1, -0.05) is 135 Å². The van der Waals surface area contributed by atoms with Crippen molar-refractivity contribution in [2.45, 2.75) is 34.2 Å². The van der Waals surface area contributed by atoms with Crippen LogP contribution in [0.2, 0.25) is 0 Å². The van der Waals surface area contributed by atoms with Crippen molar-refractivity contribution in [3.8, 4) is 11.1 Å². The monoisotopic (exact) mass is 653 g/mol. The summed E-state index contributed by atoms with van der Waals surface area (Å²) in [6.07, 6.45) is 11.5. The molecule has 5 rings (SSSR count). The largest absolute Gasteiger partial charge is 0.383 e. The predicted molar refractivity (Wildman–Crippen MR) is 217 cm³/mol. The lowest BCUT2D eigenvalue weighted by Gasteiger charge is -2.14.